The van der Waals surface area contributed by atoms with Gasteiger partial charge in [-0.25, -0.2) is 4.79 Å². The molecule has 1 heterocycles. The highest BCUT2D eigenvalue weighted by molar-refractivity contribution is 5.90. The predicted octanol–water partition coefficient (Wildman–Crippen LogP) is 3.74. The van der Waals surface area contributed by atoms with Crippen LogP contribution >= 0.6 is 0 Å². The van der Waals surface area contributed by atoms with Crippen molar-refractivity contribution in [2.45, 2.75) is 129 Å². The van der Waals surface area contributed by atoms with Gasteiger partial charge in [-0.15, -0.1) is 0 Å². The summed E-state index contributed by atoms with van der Waals surface area (Å²) >= 11 is 0. The summed E-state index contributed by atoms with van der Waals surface area (Å²) in [6, 6.07) is 1.94. The number of benzene rings is 1. The van der Waals surface area contributed by atoms with Gasteiger partial charge in [-0.05, 0) is 56.7 Å². The van der Waals surface area contributed by atoms with Crippen molar-refractivity contribution in [3.8, 4) is 0 Å². The highest BCUT2D eigenvalue weighted by atomic mass is 16.6. The van der Waals surface area contributed by atoms with E-state index >= 15 is 0 Å². The van der Waals surface area contributed by atoms with Crippen LogP contribution in [0.4, 0.5) is 5.69 Å². The van der Waals surface area contributed by atoms with Crippen molar-refractivity contribution < 1.29 is 43.5 Å². The Morgan fingerprint density at radius 3 is 2.05 bits per heavy atom. The van der Waals surface area contributed by atoms with Crippen molar-refractivity contribution in [3.63, 3.8) is 0 Å². The molecule has 16 heteroatoms. The molecule has 16 nitrogen and oxygen atoms in total. The molecule has 9 atom stereocenters. The molecule has 322 valence electrons. The van der Waals surface area contributed by atoms with E-state index in [1.54, 1.807) is 23.8 Å². The van der Waals surface area contributed by atoms with Gasteiger partial charge in [0.05, 0.1) is 47.6 Å². The number of likely N-dealkylation sites (tertiary alicyclic amines) is 1. The van der Waals surface area contributed by atoms with Gasteiger partial charge < -0.3 is 35.0 Å². The molecule has 1 saturated heterocycles. The monoisotopic (exact) mass is 804 g/mol. The normalized spacial score (nSPS) is 18.6. The molecule has 0 saturated carbocycles. The fourth-order valence-electron chi connectivity index (χ4n) is 7.78. The van der Waals surface area contributed by atoms with E-state index in [4.69, 9.17) is 9.47 Å². The summed E-state index contributed by atoms with van der Waals surface area (Å²) < 4.78 is 11.8. The highest BCUT2D eigenvalue weighted by Crippen LogP contribution is 2.30. The van der Waals surface area contributed by atoms with Gasteiger partial charge >= 0.3 is 5.97 Å². The van der Waals surface area contributed by atoms with E-state index < -0.39 is 65.1 Å². The molecule has 1 aromatic carbocycles. The van der Waals surface area contributed by atoms with Crippen molar-refractivity contribution in [2.75, 3.05) is 41.9 Å². The molecule has 0 spiro atoms. The van der Waals surface area contributed by atoms with Crippen LogP contribution in [0.1, 0.15) is 86.1 Å². The standard InChI is InChI=1S/C41H68N6O10/c1-13-26(6)36(45(10)40(51)35(25(4)5)43-39(50)32(44(8)9)21-24(2)3)33(56-11)23-34(48)46-20-14-15-31(46)37(57-12)27(7)38(49)42-30(41(52)53)22-28-16-18-29(19-17-28)47(54)55/h16-19,24-27,30-33,35-37H,13-15,20-23H2,1-12H3,(H,42,49)(H,43,50)(H,52,53)/t26?,27?,30-,31-,32-,33?,35-,36?,37?/m0/s1. The third-order valence-corrected chi connectivity index (χ3v) is 11.3. The second-order valence-electron chi connectivity index (χ2n) is 16.5. The lowest BCUT2D eigenvalue weighted by atomic mass is 9.89. The van der Waals surface area contributed by atoms with Gasteiger partial charge in [-0.2, -0.15) is 0 Å². The molecule has 1 aliphatic heterocycles. The fraction of sp³-hybridized carbons (Fsp3) is 0.732. The molecule has 0 aromatic heterocycles. The molecule has 0 aliphatic carbocycles. The van der Waals surface area contributed by atoms with Crippen molar-refractivity contribution in [1.82, 2.24) is 25.3 Å². The van der Waals surface area contributed by atoms with E-state index in [9.17, 15) is 39.2 Å². The molecular weight excluding hydrogens is 736 g/mol. The number of methoxy groups -OCH3 is 2. The van der Waals surface area contributed by atoms with Crippen LogP contribution in [0, 0.1) is 33.8 Å². The van der Waals surface area contributed by atoms with Crippen LogP contribution in [0.2, 0.25) is 0 Å². The molecular formula is C41H68N6O10. The van der Waals surface area contributed by atoms with Crippen LogP contribution in [-0.2, 0) is 39.9 Å². The average Bonchev–Trinajstić information content (AvgIpc) is 3.64. The number of carboxylic acid groups (broad SMARTS) is 1. The number of nitro groups is 1. The van der Waals surface area contributed by atoms with E-state index in [-0.39, 0.29) is 54.0 Å². The van der Waals surface area contributed by atoms with Crippen molar-refractivity contribution >= 4 is 35.3 Å². The summed E-state index contributed by atoms with van der Waals surface area (Å²) in [6.07, 6.45) is 0.933. The number of aliphatic carboxylic acids is 1. The molecule has 5 unspecified atom stereocenters. The van der Waals surface area contributed by atoms with Gasteiger partial charge in [-0.3, -0.25) is 34.2 Å². The molecule has 57 heavy (non-hydrogen) atoms. The molecule has 3 N–H and O–H groups in total. The molecule has 0 bridgehead atoms. The maximum atomic E-state index is 14.3. The first-order valence-corrected chi connectivity index (χ1v) is 20.0. The lowest BCUT2D eigenvalue weighted by Crippen LogP contribution is -2.59. The summed E-state index contributed by atoms with van der Waals surface area (Å²) in [5.41, 5.74) is 0.363. The van der Waals surface area contributed by atoms with Crippen LogP contribution < -0.4 is 10.6 Å². The van der Waals surface area contributed by atoms with E-state index in [2.05, 4.69) is 10.6 Å². The zero-order valence-corrected chi connectivity index (χ0v) is 36.0. The lowest BCUT2D eigenvalue weighted by molar-refractivity contribution is -0.384. The van der Waals surface area contributed by atoms with Crippen molar-refractivity contribution in [2.24, 2.45) is 23.7 Å². The minimum Gasteiger partial charge on any atom is -0.480 e. The van der Waals surface area contributed by atoms with Gasteiger partial charge in [0, 0.05) is 46.4 Å². The molecule has 2 rings (SSSR count). The quantitative estimate of drug-likeness (QED) is 0.108. The Kier molecular flexibility index (Phi) is 19.5. The number of nitrogens with one attached hydrogen (secondary N) is 2. The second kappa shape index (κ2) is 22.7. The van der Waals surface area contributed by atoms with E-state index in [0.717, 1.165) is 0 Å². The van der Waals surface area contributed by atoms with Crippen LogP contribution in [0.3, 0.4) is 0 Å². The minimum absolute atomic E-state index is 0.0528. The SMILES string of the molecule is CCC(C)C(C(CC(=O)N1CCC[C@H]1C(OC)C(C)C(=O)N[C@@H](Cc1ccc([N+](=O)[O-])cc1)C(=O)O)OC)N(C)C(=O)[C@@H](NC(=O)[C@H](CC(C)C)N(C)C)C(C)C. The number of carbonyl (C=O) groups excluding carboxylic acids is 4. The van der Waals surface area contributed by atoms with E-state index in [1.807, 2.05) is 60.5 Å². The number of carbonyl (C=O) groups is 5. The number of hydrogen-bond acceptors (Lipinski definition) is 10. The zero-order chi connectivity index (χ0) is 43.3. The van der Waals surface area contributed by atoms with Crippen molar-refractivity contribution in [1.29, 1.82) is 0 Å². The summed E-state index contributed by atoms with van der Waals surface area (Å²) in [6.45, 7) is 13.9. The van der Waals surface area contributed by atoms with E-state index in [0.29, 0.717) is 37.8 Å². The molecule has 1 aromatic rings. The number of hydrogen-bond donors (Lipinski definition) is 3. The number of nitro benzene ring substituents is 1. The number of amides is 4. The zero-order valence-electron chi connectivity index (χ0n) is 36.0. The number of carboxylic acids is 1. The Morgan fingerprint density at radius 2 is 1.58 bits per heavy atom. The number of likely N-dealkylation sites (N-methyl/N-ethyl adjacent to an activating group) is 2. The molecule has 1 fully saturated rings. The number of non-ortho nitro benzene ring substituents is 1. The van der Waals surface area contributed by atoms with E-state index in [1.165, 1.54) is 38.5 Å². The third kappa shape index (κ3) is 13.5. The Morgan fingerprint density at radius 1 is 0.965 bits per heavy atom. The van der Waals surface area contributed by atoms with Crippen molar-refractivity contribution in [3.05, 3.63) is 39.9 Å². The number of nitrogens with zero attached hydrogens (tertiary/aromatic N) is 4. The number of ether oxygens (including phenoxy) is 2. The molecule has 4 amide bonds. The van der Waals surface area contributed by atoms with Gasteiger partial charge in [0.1, 0.15) is 12.1 Å². The largest absolute Gasteiger partial charge is 0.480 e. The van der Waals surface area contributed by atoms with Crippen LogP contribution in [-0.4, -0.2) is 139 Å². The maximum absolute atomic E-state index is 14.3. The first kappa shape index (κ1) is 49.0. The smallest absolute Gasteiger partial charge is 0.326 e. The molecule has 1 aliphatic rings. The predicted molar refractivity (Wildman–Crippen MR) is 216 cm³/mol. The van der Waals surface area contributed by atoms with Crippen LogP contribution in [0.15, 0.2) is 24.3 Å². The van der Waals surface area contributed by atoms with Crippen LogP contribution in [0.5, 0.6) is 0 Å². The second-order valence-corrected chi connectivity index (χ2v) is 16.5. The van der Waals surface area contributed by atoms with Gasteiger partial charge in [0.25, 0.3) is 5.69 Å². The Hall–Kier alpha value is -4.15. The number of rotatable bonds is 23. The maximum Gasteiger partial charge on any atom is 0.326 e. The fourth-order valence-corrected chi connectivity index (χ4v) is 7.78. The topological polar surface area (TPSA) is 201 Å². The third-order valence-electron chi connectivity index (χ3n) is 11.3. The molecule has 0 radical (unpaired) electrons. The Balaban J connectivity index is 2.27. The highest BCUT2D eigenvalue weighted by Gasteiger charge is 2.43. The minimum atomic E-state index is -1.31. The summed E-state index contributed by atoms with van der Waals surface area (Å²) in [5, 5.41) is 26.6. The lowest BCUT2D eigenvalue weighted by Gasteiger charge is -2.41. The average molecular weight is 805 g/mol. The summed E-state index contributed by atoms with van der Waals surface area (Å²) in [4.78, 5) is 83.3. The first-order chi connectivity index (χ1) is 26.7. The van der Waals surface area contributed by atoms with Gasteiger partial charge in [-0.1, -0.05) is 67.0 Å². The summed E-state index contributed by atoms with van der Waals surface area (Å²) in [7, 11) is 8.36. The van der Waals surface area contributed by atoms with Gasteiger partial charge in [0.15, 0.2) is 0 Å². The van der Waals surface area contributed by atoms with Gasteiger partial charge in [0.2, 0.25) is 23.6 Å². The Bertz CT molecular complexity index is 1500. The Labute approximate surface area is 338 Å². The van der Waals surface area contributed by atoms with Crippen LogP contribution in [0.25, 0.3) is 0 Å². The summed E-state index contributed by atoms with van der Waals surface area (Å²) in [5.74, 6) is -3.43. The first-order valence-electron chi connectivity index (χ1n) is 20.0.